The molecular formula is C21H24N2O2. The summed E-state index contributed by atoms with van der Waals surface area (Å²) in [5.74, 6) is 0.181. The van der Waals surface area contributed by atoms with Crippen LogP contribution in [0.2, 0.25) is 0 Å². The van der Waals surface area contributed by atoms with Crippen molar-refractivity contribution in [1.82, 2.24) is 4.90 Å². The van der Waals surface area contributed by atoms with E-state index in [0.717, 1.165) is 25.2 Å². The third-order valence-corrected chi connectivity index (χ3v) is 5.36. The van der Waals surface area contributed by atoms with Gasteiger partial charge in [0.25, 0.3) is 0 Å². The molecule has 2 aromatic carbocycles. The number of aliphatic imine (C=N–C) groups is 1. The molecule has 0 N–H and O–H groups in total. The molecule has 2 unspecified atom stereocenters. The summed E-state index contributed by atoms with van der Waals surface area (Å²) >= 11 is 0. The number of fused-ring (bicyclic) bond motifs is 1. The lowest BCUT2D eigenvalue weighted by atomic mass is 9.92. The molecule has 1 fully saturated rings. The molecule has 2 aliphatic heterocycles. The molecule has 4 rings (SSSR count). The Bertz CT molecular complexity index is 741. The molecule has 0 amide bonds. The van der Waals surface area contributed by atoms with Gasteiger partial charge in [-0.25, -0.2) is 0 Å². The fraction of sp³-hybridized carbons (Fsp3) is 0.381. The first-order valence-electron chi connectivity index (χ1n) is 8.84. The Labute approximate surface area is 149 Å². The van der Waals surface area contributed by atoms with E-state index in [9.17, 15) is 0 Å². The molecule has 1 saturated heterocycles. The van der Waals surface area contributed by atoms with Gasteiger partial charge in [-0.3, -0.25) is 4.99 Å². The molecule has 0 spiro atoms. The molecule has 0 radical (unpaired) electrons. The molecule has 2 heterocycles. The van der Waals surface area contributed by atoms with E-state index in [4.69, 9.17) is 14.5 Å². The number of benzene rings is 2. The maximum Gasteiger partial charge on any atom is 0.227 e. The molecule has 4 nitrogen and oxygen atoms in total. The highest BCUT2D eigenvalue weighted by Crippen LogP contribution is 2.47. The Hall–Kier alpha value is -2.17. The Balaban J connectivity index is 1.83. The van der Waals surface area contributed by atoms with Crippen molar-refractivity contribution in [2.75, 3.05) is 20.8 Å². The zero-order valence-electron chi connectivity index (χ0n) is 14.8. The van der Waals surface area contributed by atoms with Gasteiger partial charge in [0.1, 0.15) is 6.04 Å². The van der Waals surface area contributed by atoms with E-state index in [1.54, 1.807) is 14.2 Å². The molecule has 2 aromatic rings. The van der Waals surface area contributed by atoms with E-state index in [1.165, 1.54) is 11.1 Å². The molecule has 0 bridgehead atoms. The van der Waals surface area contributed by atoms with Crippen LogP contribution in [-0.4, -0.2) is 37.3 Å². The van der Waals surface area contributed by atoms with Crippen LogP contribution < -0.4 is 0 Å². The van der Waals surface area contributed by atoms with Crippen LogP contribution in [0.15, 0.2) is 65.7 Å². The molecule has 25 heavy (non-hydrogen) atoms. The van der Waals surface area contributed by atoms with Crippen molar-refractivity contribution in [2.24, 2.45) is 4.99 Å². The Kier molecular flexibility index (Phi) is 4.32. The third-order valence-electron chi connectivity index (χ3n) is 5.36. The molecule has 0 aliphatic carbocycles. The Morgan fingerprint density at radius 1 is 0.920 bits per heavy atom. The van der Waals surface area contributed by atoms with Crippen LogP contribution in [0.5, 0.6) is 0 Å². The highest BCUT2D eigenvalue weighted by molar-refractivity contribution is 5.92. The lowest BCUT2D eigenvalue weighted by molar-refractivity contribution is -0.171. The molecule has 130 valence electrons. The number of rotatable bonds is 4. The summed E-state index contributed by atoms with van der Waals surface area (Å²) < 4.78 is 11.6. The first-order chi connectivity index (χ1) is 12.3. The van der Waals surface area contributed by atoms with Crippen molar-refractivity contribution >= 4 is 5.84 Å². The summed E-state index contributed by atoms with van der Waals surface area (Å²) in [7, 11) is 3.42. The topological polar surface area (TPSA) is 34.1 Å². The maximum absolute atomic E-state index is 5.82. The average Bonchev–Trinajstić information content (AvgIpc) is 3.09. The minimum Gasteiger partial charge on any atom is -0.347 e. The van der Waals surface area contributed by atoms with E-state index in [-0.39, 0.29) is 12.1 Å². The fourth-order valence-corrected chi connectivity index (χ4v) is 4.12. The summed E-state index contributed by atoms with van der Waals surface area (Å²) in [6.45, 7) is 0.968. The second-order valence-corrected chi connectivity index (χ2v) is 6.62. The SMILES string of the molecule is COC1(OC)CCCN2C1=NC(c1ccccc1)C2c1ccccc1. The molecule has 0 aromatic heterocycles. The molecule has 2 atom stereocenters. The highest BCUT2D eigenvalue weighted by Gasteiger charge is 2.50. The predicted molar refractivity (Wildman–Crippen MR) is 98.5 cm³/mol. The van der Waals surface area contributed by atoms with Gasteiger partial charge in [-0.05, 0) is 17.5 Å². The molecular weight excluding hydrogens is 312 g/mol. The van der Waals surface area contributed by atoms with E-state index in [1.807, 2.05) is 6.07 Å². The van der Waals surface area contributed by atoms with Crippen molar-refractivity contribution in [3.63, 3.8) is 0 Å². The summed E-state index contributed by atoms with van der Waals surface area (Å²) in [6.07, 6.45) is 1.85. The van der Waals surface area contributed by atoms with Crippen molar-refractivity contribution in [3.8, 4) is 0 Å². The number of nitrogens with zero attached hydrogens (tertiary/aromatic N) is 2. The predicted octanol–water partition coefficient (Wildman–Crippen LogP) is 3.97. The van der Waals surface area contributed by atoms with Crippen LogP contribution in [0.4, 0.5) is 0 Å². The lowest BCUT2D eigenvalue weighted by Crippen LogP contribution is -2.54. The van der Waals surface area contributed by atoms with Gasteiger partial charge < -0.3 is 14.4 Å². The van der Waals surface area contributed by atoms with Gasteiger partial charge >= 0.3 is 0 Å². The first kappa shape index (κ1) is 16.3. The van der Waals surface area contributed by atoms with E-state index in [2.05, 4.69) is 59.5 Å². The monoisotopic (exact) mass is 336 g/mol. The van der Waals surface area contributed by atoms with Gasteiger partial charge in [-0.15, -0.1) is 0 Å². The lowest BCUT2D eigenvalue weighted by Gasteiger charge is -2.42. The normalized spacial score (nSPS) is 24.7. The first-order valence-corrected chi connectivity index (χ1v) is 8.84. The van der Waals surface area contributed by atoms with E-state index < -0.39 is 5.79 Å². The number of amidine groups is 1. The van der Waals surface area contributed by atoms with Crippen molar-refractivity contribution in [1.29, 1.82) is 0 Å². The fourth-order valence-electron chi connectivity index (χ4n) is 4.12. The smallest absolute Gasteiger partial charge is 0.227 e. The van der Waals surface area contributed by atoms with Gasteiger partial charge in [-0.2, -0.15) is 0 Å². The number of piperidine rings is 1. The summed E-state index contributed by atoms with van der Waals surface area (Å²) in [6, 6.07) is 21.4. The van der Waals surface area contributed by atoms with Crippen molar-refractivity contribution < 1.29 is 9.47 Å². The van der Waals surface area contributed by atoms with Crippen LogP contribution in [0, 0.1) is 0 Å². The number of methoxy groups -OCH3 is 2. The third kappa shape index (κ3) is 2.66. The second kappa shape index (κ2) is 6.62. The molecule has 2 aliphatic rings. The number of hydrogen-bond donors (Lipinski definition) is 0. The van der Waals surface area contributed by atoms with Gasteiger partial charge in [0.15, 0.2) is 5.84 Å². The Morgan fingerprint density at radius 2 is 1.52 bits per heavy atom. The summed E-state index contributed by atoms with van der Waals surface area (Å²) in [5, 5.41) is 0. The quantitative estimate of drug-likeness (QED) is 0.793. The summed E-state index contributed by atoms with van der Waals surface area (Å²) in [4.78, 5) is 7.50. The van der Waals surface area contributed by atoms with Gasteiger partial charge in [0.05, 0.1) is 6.04 Å². The highest BCUT2D eigenvalue weighted by atomic mass is 16.7. The largest absolute Gasteiger partial charge is 0.347 e. The van der Waals surface area contributed by atoms with Crippen LogP contribution in [0.3, 0.4) is 0 Å². The van der Waals surface area contributed by atoms with Crippen molar-refractivity contribution in [2.45, 2.75) is 30.7 Å². The van der Waals surface area contributed by atoms with Crippen LogP contribution >= 0.6 is 0 Å². The van der Waals surface area contributed by atoms with Crippen molar-refractivity contribution in [3.05, 3.63) is 71.8 Å². The van der Waals surface area contributed by atoms with Crippen LogP contribution in [0.1, 0.15) is 36.1 Å². The van der Waals surface area contributed by atoms with Gasteiger partial charge in [-0.1, -0.05) is 60.7 Å². The van der Waals surface area contributed by atoms with Crippen LogP contribution in [-0.2, 0) is 9.47 Å². The zero-order chi connectivity index (χ0) is 17.3. The summed E-state index contributed by atoms with van der Waals surface area (Å²) in [5.41, 5.74) is 2.50. The molecule has 0 saturated carbocycles. The maximum atomic E-state index is 5.82. The second-order valence-electron chi connectivity index (χ2n) is 6.62. The minimum atomic E-state index is -0.741. The zero-order valence-corrected chi connectivity index (χ0v) is 14.8. The van der Waals surface area contributed by atoms with Gasteiger partial charge in [0.2, 0.25) is 5.79 Å². The van der Waals surface area contributed by atoms with E-state index in [0.29, 0.717) is 0 Å². The van der Waals surface area contributed by atoms with E-state index >= 15 is 0 Å². The minimum absolute atomic E-state index is 0.0429. The number of ether oxygens (including phenoxy) is 2. The standard InChI is InChI=1S/C21H24N2O2/c1-24-21(25-2)14-9-15-23-19(17-12-7-4-8-13-17)18(22-20(21)23)16-10-5-3-6-11-16/h3-8,10-13,18-19H,9,14-15H2,1-2H3. The Morgan fingerprint density at radius 3 is 2.12 bits per heavy atom. The number of hydrogen-bond acceptors (Lipinski definition) is 4. The molecule has 4 heteroatoms. The average molecular weight is 336 g/mol. The van der Waals surface area contributed by atoms with Gasteiger partial charge in [0, 0.05) is 27.2 Å². The van der Waals surface area contributed by atoms with Crippen LogP contribution in [0.25, 0.3) is 0 Å².